The van der Waals surface area contributed by atoms with Crippen molar-refractivity contribution in [3.8, 4) is 0 Å². The first-order valence-corrected chi connectivity index (χ1v) is 10.0. The minimum Gasteiger partial charge on any atom is -0.339 e. The standard InChI is InChI=1S/C20H28ClN3O2/c1-15(17-9-5-6-10-18(17)21)22-20(26)24-13-11-23(12-14-24)19(25)16-7-3-2-4-8-16/h5-6,9-10,15-16H,2-4,7-8,11-14H2,1H3,(H,22,26). The predicted octanol–water partition coefficient (Wildman–Crippen LogP) is 3.84. The van der Waals surface area contributed by atoms with Gasteiger partial charge in [-0.25, -0.2) is 4.79 Å². The van der Waals surface area contributed by atoms with Crippen molar-refractivity contribution in [2.24, 2.45) is 5.92 Å². The average Bonchev–Trinajstić information content (AvgIpc) is 2.68. The molecule has 2 aliphatic rings. The maximum Gasteiger partial charge on any atom is 0.317 e. The van der Waals surface area contributed by atoms with E-state index in [0.717, 1.165) is 18.4 Å². The van der Waals surface area contributed by atoms with Crippen LogP contribution in [0.1, 0.15) is 50.6 Å². The lowest BCUT2D eigenvalue weighted by molar-refractivity contribution is -0.138. The number of nitrogens with zero attached hydrogens (tertiary/aromatic N) is 2. The van der Waals surface area contributed by atoms with E-state index in [1.54, 1.807) is 4.90 Å². The van der Waals surface area contributed by atoms with Crippen molar-refractivity contribution < 1.29 is 9.59 Å². The summed E-state index contributed by atoms with van der Waals surface area (Å²) in [6.07, 6.45) is 5.63. The average molecular weight is 378 g/mol. The summed E-state index contributed by atoms with van der Waals surface area (Å²) in [4.78, 5) is 28.9. The van der Waals surface area contributed by atoms with Gasteiger partial charge in [-0.2, -0.15) is 0 Å². The SMILES string of the molecule is CC(NC(=O)N1CCN(C(=O)C2CCCCC2)CC1)c1ccccc1Cl. The van der Waals surface area contributed by atoms with Crippen LogP contribution in [0.3, 0.4) is 0 Å². The highest BCUT2D eigenvalue weighted by Gasteiger charge is 2.30. The van der Waals surface area contributed by atoms with Gasteiger partial charge in [-0.05, 0) is 31.4 Å². The number of nitrogens with one attached hydrogen (secondary N) is 1. The topological polar surface area (TPSA) is 52.7 Å². The number of amides is 3. The van der Waals surface area contributed by atoms with Crippen LogP contribution in [0.5, 0.6) is 0 Å². The zero-order chi connectivity index (χ0) is 18.5. The molecule has 1 aromatic rings. The molecule has 1 heterocycles. The Hall–Kier alpha value is -1.75. The van der Waals surface area contributed by atoms with E-state index in [9.17, 15) is 9.59 Å². The molecule has 3 amide bonds. The molecule has 1 N–H and O–H groups in total. The minimum atomic E-state index is -0.155. The van der Waals surface area contributed by atoms with Gasteiger partial charge in [0.05, 0.1) is 6.04 Å². The Balaban J connectivity index is 1.49. The number of rotatable bonds is 3. The summed E-state index contributed by atoms with van der Waals surface area (Å²) in [6, 6.07) is 7.30. The molecule has 26 heavy (non-hydrogen) atoms. The maximum atomic E-state index is 12.6. The Bertz CT molecular complexity index is 638. The molecule has 6 heteroatoms. The Kier molecular flexibility index (Phi) is 6.41. The Labute approximate surface area is 160 Å². The normalized spacial score (nSPS) is 19.9. The zero-order valence-electron chi connectivity index (χ0n) is 15.4. The van der Waals surface area contributed by atoms with Crippen LogP contribution in [0.25, 0.3) is 0 Å². The lowest BCUT2D eigenvalue weighted by Crippen LogP contribution is -2.54. The fourth-order valence-corrected chi connectivity index (χ4v) is 4.22. The number of benzene rings is 1. The van der Waals surface area contributed by atoms with Crippen molar-refractivity contribution in [2.75, 3.05) is 26.2 Å². The van der Waals surface area contributed by atoms with E-state index in [0.29, 0.717) is 31.2 Å². The van der Waals surface area contributed by atoms with Gasteiger partial charge in [-0.15, -0.1) is 0 Å². The van der Waals surface area contributed by atoms with E-state index in [4.69, 9.17) is 11.6 Å². The van der Waals surface area contributed by atoms with Gasteiger partial charge in [0, 0.05) is 37.1 Å². The van der Waals surface area contributed by atoms with Crippen molar-refractivity contribution in [2.45, 2.75) is 45.1 Å². The summed E-state index contributed by atoms with van der Waals surface area (Å²) in [7, 11) is 0. The van der Waals surface area contributed by atoms with Crippen LogP contribution >= 0.6 is 11.6 Å². The molecule has 1 aliphatic heterocycles. The molecule has 1 atom stereocenters. The highest BCUT2D eigenvalue weighted by molar-refractivity contribution is 6.31. The molecule has 1 aromatic carbocycles. The van der Waals surface area contributed by atoms with Gasteiger partial charge in [-0.3, -0.25) is 4.79 Å². The molecular formula is C20H28ClN3O2. The summed E-state index contributed by atoms with van der Waals surface area (Å²) in [5.74, 6) is 0.485. The maximum absolute atomic E-state index is 12.6. The van der Waals surface area contributed by atoms with Gasteiger partial charge in [0.25, 0.3) is 0 Å². The van der Waals surface area contributed by atoms with Crippen molar-refractivity contribution in [1.82, 2.24) is 15.1 Å². The Morgan fingerprint density at radius 1 is 1.04 bits per heavy atom. The van der Waals surface area contributed by atoms with Crippen molar-refractivity contribution in [3.63, 3.8) is 0 Å². The lowest BCUT2D eigenvalue weighted by atomic mass is 9.88. The van der Waals surface area contributed by atoms with E-state index >= 15 is 0 Å². The zero-order valence-corrected chi connectivity index (χ0v) is 16.2. The van der Waals surface area contributed by atoms with Crippen LogP contribution in [0.4, 0.5) is 4.79 Å². The molecule has 0 spiro atoms. The largest absolute Gasteiger partial charge is 0.339 e. The Morgan fingerprint density at radius 3 is 2.31 bits per heavy atom. The third-order valence-corrected chi connectivity index (χ3v) is 5.89. The first-order valence-electron chi connectivity index (χ1n) is 9.65. The molecule has 1 unspecified atom stereocenters. The van der Waals surface area contributed by atoms with Gasteiger partial charge in [0.1, 0.15) is 0 Å². The quantitative estimate of drug-likeness (QED) is 0.870. The number of piperazine rings is 1. The Morgan fingerprint density at radius 2 is 1.65 bits per heavy atom. The van der Waals surface area contributed by atoms with E-state index in [2.05, 4.69) is 5.32 Å². The molecule has 1 saturated heterocycles. The second-order valence-corrected chi connectivity index (χ2v) is 7.75. The van der Waals surface area contributed by atoms with E-state index in [1.807, 2.05) is 36.1 Å². The summed E-state index contributed by atoms with van der Waals surface area (Å²) in [5.41, 5.74) is 0.911. The highest BCUT2D eigenvalue weighted by atomic mass is 35.5. The first kappa shape index (κ1) is 19.0. The molecule has 1 saturated carbocycles. The third-order valence-electron chi connectivity index (χ3n) is 5.54. The van der Waals surface area contributed by atoms with Gasteiger partial charge in [-0.1, -0.05) is 49.1 Å². The van der Waals surface area contributed by atoms with Crippen LogP contribution in [0, 0.1) is 5.92 Å². The van der Waals surface area contributed by atoms with E-state index in [1.165, 1.54) is 19.3 Å². The van der Waals surface area contributed by atoms with Gasteiger partial charge >= 0.3 is 6.03 Å². The molecule has 3 rings (SSSR count). The van der Waals surface area contributed by atoms with Crippen LogP contribution in [-0.4, -0.2) is 47.9 Å². The van der Waals surface area contributed by atoms with Crippen LogP contribution in [0.15, 0.2) is 24.3 Å². The van der Waals surface area contributed by atoms with Gasteiger partial charge in [0.2, 0.25) is 5.91 Å². The molecule has 0 bridgehead atoms. The van der Waals surface area contributed by atoms with Crippen LogP contribution in [-0.2, 0) is 4.79 Å². The third kappa shape index (κ3) is 4.50. The van der Waals surface area contributed by atoms with E-state index in [-0.39, 0.29) is 23.9 Å². The van der Waals surface area contributed by atoms with Gasteiger partial charge < -0.3 is 15.1 Å². The number of hydrogen-bond donors (Lipinski definition) is 1. The van der Waals surface area contributed by atoms with Crippen LogP contribution in [0.2, 0.25) is 5.02 Å². The lowest BCUT2D eigenvalue weighted by Gasteiger charge is -2.37. The number of halogens is 1. The minimum absolute atomic E-state index is 0.0952. The molecule has 5 nitrogen and oxygen atoms in total. The monoisotopic (exact) mass is 377 g/mol. The number of carbonyl (C=O) groups excluding carboxylic acids is 2. The number of urea groups is 1. The van der Waals surface area contributed by atoms with E-state index < -0.39 is 0 Å². The van der Waals surface area contributed by atoms with Crippen molar-refractivity contribution in [1.29, 1.82) is 0 Å². The highest BCUT2D eigenvalue weighted by Crippen LogP contribution is 2.26. The summed E-state index contributed by atoms with van der Waals surface area (Å²) >= 11 is 6.21. The molecule has 142 valence electrons. The summed E-state index contributed by atoms with van der Waals surface area (Å²) in [5, 5.41) is 3.67. The predicted molar refractivity (Wildman–Crippen MR) is 103 cm³/mol. The van der Waals surface area contributed by atoms with Gasteiger partial charge in [0.15, 0.2) is 0 Å². The summed E-state index contributed by atoms with van der Waals surface area (Å²) in [6.45, 7) is 4.35. The smallest absolute Gasteiger partial charge is 0.317 e. The fourth-order valence-electron chi connectivity index (χ4n) is 3.92. The molecular weight excluding hydrogens is 350 g/mol. The fraction of sp³-hybridized carbons (Fsp3) is 0.600. The van der Waals surface area contributed by atoms with Crippen LogP contribution < -0.4 is 5.32 Å². The molecule has 2 fully saturated rings. The number of carbonyl (C=O) groups is 2. The molecule has 0 aromatic heterocycles. The molecule has 0 radical (unpaired) electrons. The second kappa shape index (κ2) is 8.76. The second-order valence-electron chi connectivity index (χ2n) is 7.34. The molecule has 1 aliphatic carbocycles. The summed E-state index contributed by atoms with van der Waals surface area (Å²) < 4.78 is 0. The first-order chi connectivity index (χ1) is 12.6. The van der Waals surface area contributed by atoms with Crippen molar-refractivity contribution >= 4 is 23.5 Å². The van der Waals surface area contributed by atoms with Crippen molar-refractivity contribution in [3.05, 3.63) is 34.9 Å². The number of hydrogen-bond acceptors (Lipinski definition) is 2.